The molecule has 1 aliphatic rings. The van der Waals surface area contributed by atoms with Gasteiger partial charge in [-0.3, -0.25) is 4.79 Å². The van der Waals surface area contributed by atoms with Crippen LogP contribution in [0.4, 0.5) is 0 Å². The summed E-state index contributed by atoms with van der Waals surface area (Å²) in [6, 6.07) is 8.56. The Kier molecular flexibility index (Phi) is 4.98. The molecule has 1 fully saturated rings. The summed E-state index contributed by atoms with van der Waals surface area (Å²) in [5.74, 6) is 0.857. The monoisotopic (exact) mass is 244 g/mol. The first-order valence-electron chi connectivity index (χ1n) is 7.34. The van der Waals surface area contributed by atoms with E-state index in [0.29, 0.717) is 11.7 Å². The summed E-state index contributed by atoms with van der Waals surface area (Å²) in [6.45, 7) is 2.10. The fourth-order valence-electron chi connectivity index (χ4n) is 2.83. The topological polar surface area (TPSA) is 17.1 Å². The van der Waals surface area contributed by atoms with Gasteiger partial charge in [0.05, 0.1) is 0 Å². The minimum Gasteiger partial charge on any atom is -0.299 e. The van der Waals surface area contributed by atoms with Gasteiger partial charge in [0.1, 0.15) is 5.78 Å². The van der Waals surface area contributed by atoms with Gasteiger partial charge in [-0.15, -0.1) is 0 Å². The Morgan fingerprint density at radius 3 is 2.28 bits per heavy atom. The second-order valence-electron chi connectivity index (χ2n) is 5.64. The first-order chi connectivity index (χ1) is 8.75. The highest BCUT2D eigenvalue weighted by atomic mass is 16.1. The van der Waals surface area contributed by atoms with Gasteiger partial charge in [-0.2, -0.15) is 0 Å². The van der Waals surface area contributed by atoms with E-state index in [1.165, 1.54) is 36.8 Å². The fourth-order valence-corrected chi connectivity index (χ4v) is 2.83. The first-order valence-corrected chi connectivity index (χ1v) is 7.34. The van der Waals surface area contributed by atoms with Gasteiger partial charge in [0.15, 0.2) is 0 Å². The van der Waals surface area contributed by atoms with Gasteiger partial charge in [0.2, 0.25) is 0 Å². The number of hydrogen-bond acceptors (Lipinski definition) is 1. The number of ketones is 1. The Morgan fingerprint density at radius 2 is 1.67 bits per heavy atom. The van der Waals surface area contributed by atoms with Crippen LogP contribution in [0.5, 0.6) is 0 Å². The fraction of sp³-hybridized carbons (Fsp3) is 0.588. The molecule has 0 aliphatic heterocycles. The third kappa shape index (κ3) is 3.97. The molecule has 0 unspecified atom stereocenters. The van der Waals surface area contributed by atoms with Crippen molar-refractivity contribution in [3.05, 3.63) is 35.4 Å². The van der Waals surface area contributed by atoms with Gasteiger partial charge in [-0.05, 0) is 31.7 Å². The number of carbonyl (C=O) groups is 1. The molecule has 1 heteroatoms. The molecule has 0 spiro atoms. The molecular weight excluding hydrogens is 220 g/mol. The first kappa shape index (κ1) is 13.3. The highest BCUT2D eigenvalue weighted by molar-refractivity contribution is 5.81. The van der Waals surface area contributed by atoms with Crippen molar-refractivity contribution in [2.75, 3.05) is 0 Å². The lowest BCUT2D eigenvalue weighted by Crippen LogP contribution is -2.14. The summed E-state index contributed by atoms with van der Waals surface area (Å²) in [7, 11) is 0. The van der Waals surface area contributed by atoms with Crippen LogP contribution in [0.25, 0.3) is 0 Å². The van der Waals surface area contributed by atoms with E-state index < -0.39 is 0 Å². The number of aryl methyl sites for hydroxylation is 2. The van der Waals surface area contributed by atoms with Gasteiger partial charge in [0, 0.05) is 12.3 Å². The van der Waals surface area contributed by atoms with Crippen molar-refractivity contribution in [1.82, 2.24) is 0 Å². The third-order valence-electron chi connectivity index (χ3n) is 4.09. The summed E-state index contributed by atoms with van der Waals surface area (Å²) in [5.41, 5.74) is 2.58. The van der Waals surface area contributed by atoms with Gasteiger partial charge < -0.3 is 0 Å². The largest absolute Gasteiger partial charge is 0.299 e. The standard InChI is InChI=1S/C17H24O/c1-14-8-10-15(11-9-14)12-13-17(18)16-6-4-2-3-5-7-16/h8-11,16H,2-7,12-13H2,1H3. The van der Waals surface area contributed by atoms with E-state index in [2.05, 4.69) is 31.2 Å². The zero-order valence-electron chi connectivity index (χ0n) is 11.5. The molecule has 0 amide bonds. The number of benzene rings is 1. The third-order valence-corrected chi connectivity index (χ3v) is 4.09. The average Bonchev–Trinajstić information content (AvgIpc) is 2.66. The lowest BCUT2D eigenvalue weighted by Gasteiger charge is -2.12. The normalized spacial score (nSPS) is 17.4. The van der Waals surface area contributed by atoms with Crippen molar-refractivity contribution in [3.8, 4) is 0 Å². The van der Waals surface area contributed by atoms with Gasteiger partial charge in [-0.25, -0.2) is 0 Å². The van der Waals surface area contributed by atoms with E-state index in [1.54, 1.807) is 0 Å². The predicted octanol–water partition coefficient (Wildman–Crippen LogP) is 4.47. The Morgan fingerprint density at radius 1 is 1.06 bits per heavy atom. The molecule has 1 aromatic carbocycles. The summed E-state index contributed by atoms with van der Waals surface area (Å²) in [5, 5.41) is 0. The Balaban J connectivity index is 1.81. The predicted molar refractivity (Wildman–Crippen MR) is 75.7 cm³/mol. The van der Waals surface area contributed by atoms with E-state index in [1.807, 2.05) is 0 Å². The van der Waals surface area contributed by atoms with E-state index in [9.17, 15) is 4.79 Å². The molecule has 0 saturated heterocycles. The lowest BCUT2D eigenvalue weighted by molar-refractivity contribution is -0.123. The Hall–Kier alpha value is -1.11. The molecule has 1 aliphatic carbocycles. The molecule has 1 saturated carbocycles. The van der Waals surface area contributed by atoms with Crippen LogP contribution < -0.4 is 0 Å². The van der Waals surface area contributed by atoms with Crippen molar-refractivity contribution in [2.45, 2.75) is 58.3 Å². The molecule has 2 rings (SSSR count). The molecule has 0 aromatic heterocycles. The molecule has 0 heterocycles. The molecule has 1 aromatic rings. The average molecular weight is 244 g/mol. The maximum atomic E-state index is 12.2. The zero-order valence-corrected chi connectivity index (χ0v) is 11.5. The van der Waals surface area contributed by atoms with Crippen LogP contribution in [0.2, 0.25) is 0 Å². The second-order valence-corrected chi connectivity index (χ2v) is 5.64. The Bertz CT molecular complexity index is 369. The van der Waals surface area contributed by atoms with Crippen molar-refractivity contribution in [3.63, 3.8) is 0 Å². The van der Waals surface area contributed by atoms with Crippen LogP contribution in [0.15, 0.2) is 24.3 Å². The molecule has 0 atom stereocenters. The van der Waals surface area contributed by atoms with Crippen molar-refractivity contribution in [2.24, 2.45) is 5.92 Å². The van der Waals surface area contributed by atoms with E-state index in [4.69, 9.17) is 0 Å². The number of hydrogen-bond donors (Lipinski definition) is 0. The van der Waals surface area contributed by atoms with E-state index in [0.717, 1.165) is 25.7 Å². The molecule has 18 heavy (non-hydrogen) atoms. The summed E-state index contributed by atoms with van der Waals surface area (Å²) in [6.07, 6.45) is 9.05. The van der Waals surface area contributed by atoms with Crippen LogP contribution >= 0.6 is 0 Å². The highest BCUT2D eigenvalue weighted by Gasteiger charge is 2.19. The summed E-state index contributed by atoms with van der Waals surface area (Å²) >= 11 is 0. The SMILES string of the molecule is Cc1ccc(CCC(=O)C2CCCCCC2)cc1. The van der Waals surface area contributed by atoms with Crippen LogP contribution in [-0.2, 0) is 11.2 Å². The molecule has 1 nitrogen and oxygen atoms in total. The Labute approximate surface area is 111 Å². The van der Waals surface area contributed by atoms with Gasteiger partial charge >= 0.3 is 0 Å². The molecule has 0 radical (unpaired) electrons. The van der Waals surface area contributed by atoms with Crippen LogP contribution in [0, 0.1) is 12.8 Å². The quantitative estimate of drug-likeness (QED) is 0.714. The second kappa shape index (κ2) is 6.72. The number of Topliss-reactive ketones (excluding diaryl/α,β-unsaturated/α-hetero) is 1. The minimum atomic E-state index is 0.359. The van der Waals surface area contributed by atoms with E-state index in [-0.39, 0.29) is 0 Å². The van der Waals surface area contributed by atoms with Gasteiger partial charge in [0.25, 0.3) is 0 Å². The molecule has 0 bridgehead atoms. The zero-order chi connectivity index (χ0) is 12.8. The van der Waals surface area contributed by atoms with Crippen molar-refractivity contribution < 1.29 is 4.79 Å². The van der Waals surface area contributed by atoms with Crippen molar-refractivity contribution >= 4 is 5.78 Å². The lowest BCUT2D eigenvalue weighted by atomic mass is 9.91. The minimum absolute atomic E-state index is 0.359. The van der Waals surface area contributed by atoms with E-state index >= 15 is 0 Å². The molecule has 98 valence electrons. The summed E-state index contributed by atoms with van der Waals surface area (Å²) in [4.78, 5) is 12.2. The maximum Gasteiger partial charge on any atom is 0.136 e. The van der Waals surface area contributed by atoms with Crippen LogP contribution in [-0.4, -0.2) is 5.78 Å². The number of carbonyl (C=O) groups excluding carboxylic acids is 1. The number of rotatable bonds is 4. The smallest absolute Gasteiger partial charge is 0.136 e. The van der Waals surface area contributed by atoms with Crippen LogP contribution in [0.3, 0.4) is 0 Å². The summed E-state index contributed by atoms with van der Waals surface area (Å²) < 4.78 is 0. The molecule has 0 N–H and O–H groups in total. The maximum absolute atomic E-state index is 12.2. The molecular formula is C17H24O. The highest BCUT2D eigenvalue weighted by Crippen LogP contribution is 2.24. The van der Waals surface area contributed by atoms with Crippen LogP contribution in [0.1, 0.15) is 56.1 Å². The van der Waals surface area contributed by atoms with Gasteiger partial charge in [-0.1, -0.05) is 55.5 Å². The van der Waals surface area contributed by atoms with Crippen molar-refractivity contribution in [1.29, 1.82) is 0 Å².